The van der Waals surface area contributed by atoms with Crippen molar-refractivity contribution in [2.45, 2.75) is 18.0 Å². The second-order valence-corrected chi connectivity index (χ2v) is 2.21. The molecular weight excluding hydrogens is 228 g/mol. The van der Waals surface area contributed by atoms with Gasteiger partial charge in [-0.25, -0.2) is 8.78 Å². The number of hydrogen-bond donors (Lipinski definition) is 0. The van der Waals surface area contributed by atoms with Crippen LogP contribution in [0.5, 0.6) is 0 Å². The average molecular weight is 230 g/mol. The van der Waals surface area contributed by atoms with Crippen LogP contribution in [0.4, 0.5) is 35.1 Å². The van der Waals surface area contributed by atoms with E-state index in [1.807, 2.05) is 0 Å². The molecule has 0 aliphatic rings. The highest BCUT2D eigenvalue weighted by molar-refractivity contribution is 5.90. The lowest BCUT2D eigenvalue weighted by atomic mass is 10.00. The van der Waals surface area contributed by atoms with Crippen molar-refractivity contribution >= 4 is 5.78 Å². The van der Waals surface area contributed by atoms with Crippen LogP contribution in [0.2, 0.25) is 0 Å². The summed E-state index contributed by atoms with van der Waals surface area (Å²) in [5.74, 6) is -3.21. The van der Waals surface area contributed by atoms with Gasteiger partial charge in [0, 0.05) is 0 Å². The maximum Gasteiger partial charge on any atom is 0.439 e. The summed E-state index contributed by atoms with van der Waals surface area (Å²) in [6.07, 6.45) is -13.0. The number of carbonyl (C=O) groups excluding carboxylic acids is 1. The molecule has 0 saturated carbocycles. The van der Waals surface area contributed by atoms with Gasteiger partial charge in [-0.2, -0.15) is 26.3 Å². The summed E-state index contributed by atoms with van der Waals surface area (Å²) >= 11 is 0. The van der Waals surface area contributed by atoms with Gasteiger partial charge < -0.3 is 0 Å². The number of alkyl halides is 8. The molecule has 0 unspecified atom stereocenters. The lowest BCUT2D eigenvalue weighted by Gasteiger charge is -2.27. The van der Waals surface area contributed by atoms with Crippen molar-refractivity contribution in [2.24, 2.45) is 0 Å². The number of ketones is 1. The molecule has 0 aromatic carbocycles. The van der Waals surface area contributed by atoms with Gasteiger partial charge in [0.15, 0.2) is 6.67 Å². The summed E-state index contributed by atoms with van der Waals surface area (Å²) in [7, 11) is 0. The zero-order valence-corrected chi connectivity index (χ0v) is 6.14. The fraction of sp³-hybridized carbons (Fsp3) is 0.800. The van der Waals surface area contributed by atoms with Crippen molar-refractivity contribution in [2.75, 3.05) is 6.67 Å². The fourth-order valence-corrected chi connectivity index (χ4v) is 0.569. The van der Waals surface area contributed by atoms with Crippen LogP contribution in [-0.2, 0) is 4.79 Å². The molecule has 9 heteroatoms. The Bertz CT molecular complexity index is 211. The van der Waals surface area contributed by atoms with Gasteiger partial charge in [-0.05, 0) is 0 Å². The molecule has 14 heavy (non-hydrogen) atoms. The van der Waals surface area contributed by atoms with E-state index in [2.05, 4.69) is 0 Å². The minimum atomic E-state index is -6.52. The molecular formula is C5H2F8O. The number of Topliss-reactive ketones (excluding diaryl/α,β-unsaturated/α-hetero) is 1. The Labute approximate surface area is 71.7 Å². The molecule has 0 bridgehead atoms. The Hall–Kier alpha value is -0.890. The molecule has 0 heterocycles. The molecule has 1 nitrogen and oxygen atoms in total. The Morgan fingerprint density at radius 3 is 1.21 bits per heavy atom. The zero-order valence-electron chi connectivity index (χ0n) is 6.14. The average Bonchev–Trinajstić information content (AvgIpc) is 1.97. The van der Waals surface area contributed by atoms with E-state index in [4.69, 9.17) is 0 Å². The molecule has 0 spiro atoms. The lowest BCUT2D eigenvalue weighted by molar-refractivity contribution is -0.325. The maximum atomic E-state index is 12.4. The van der Waals surface area contributed by atoms with Gasteiger partial charge in [0.25, 0.3) is 0 Å². The molecule has 0 amide bonds. The van der Waals surface area contributed by atoms with Crippen molar-refractivity contribution in [3.63, 3.8) is 0 Å². The highest BCUT2D eigenvalue weighted by Crippen LogP contribution is 2.46. The Morgan fingerprint density at radius 1 is 0.857 bits per heavy atom. The number of halogens is 8. The van der Waals surface area contributed by atoms with Gasteiger partial charge in [-0.3, -0.25) is 4.79 Å². The highest BCUT2D eigenvalue weighted by atomic mass is 19.4. The van der Waals surface area contributed by atoms with Crippen LogP contribution in [0, 0.1) is 0 Å². The molecule has 0 N–H and O–H groups in total. The van der Waals surface area contributed by atoms with E-state index in [9.17, 15) is 39.9 Å². The second-order valence-electron chi connectivity index (χ2n) is 2.21. The topological polar surface area (TPSA) is 17.1 Å². The third kappa shape index (κ3) is 1.80. The SMILES string of the molecule is O=C(CF)C(F)(C(F)(F)F)C(F)(F)F. The summed E-state index contributed by atoms with van der Waals surface area (Å²) in [6.45, 7) is -2.68. The van der Waals surface area contributed by atoms with Crippen LogP contribution < -0.4 is 0 Å². The first kappa shape index (κ1) is 13.1. The summed E-state index contributed by atoms with van der Waals surface area (Å²) in [4.78, 5) is 9.94. The monoisotopic (exact) mass is 230 g/mol. The van der Waals surface area contributed by atoms with Gasteiger partial charge >= 0.3 is 18.0 Å². The quantitative estimate of drug-likeness (QED) is 0.665. The molecule has 0 aliphatic heterocycles. The van der Waals surface area contributed by atoms with E-state index >= 15 is 0 Å². The summed E-state index contributed by atoms with van der Waals surface area (Å²) in [5.41, 5.74) is -6.13. The van der Waals surface area contributed by atoms with Crippen LogP contribution in [0.15, 0.2) is 0 Å². The van der Waals surface area contributed by atoms with Crippen molar-refractivity contribution in [3.05, 3.63) is 0 Å². The lowest BCUT2D eigenvalue weighted by Crippen LogP contribution is -2.59. The molecule has 0 radical (unpaired) electrons. The second kappa shape index (κ2) is 3.35. The van der Waals surface area contributed by atoms with E-state index < -0.39 is 30.5 Å². The van der Waals surface area contributed by atoms with Crippen LogP contribution in [-0.4, -0.2) is 30.5 Å². The Kier molecular flexibility index (Phi) is 3.14. The molecule has 0 rings (SSSR count). The van der Waals surface area contributed by atoms with Gasteiger partial charge in [0.2, 0.25) is 5.78 Å². The van der Waals surface area contributed by atoms with Crippen LogP contribution in [0.25, 0.3) is 0 Å². The van der Waals surface area contributed by atoms with Crippen LogP contribution in [0.3, 0.4) is 0 Å². The first-order valence-corrected chi connectivity index (χ1v) is 2.90. The summed E-state index contributed by atoms with van der Waals surface area (Å²) in [5, 5.41) is 0. The molecule has 84 valence electrons. The molecule has 0 atom stereocenters. The largest absolute Gasteiger partial charge is 0.439 e. The van der Waals surface area contributed by atoms with Crippen LogP contribution in [0.1, 0.15) is 0 Å². The van der Waals surface area contributed by atoms with E-state index in [1.165, 1.54) is 0 Å². The minimum absolute atomic E-state index is 2.68. The maximum absolute atomic E-state index is 12.4. The molecule has 0 saturated heterocycles. The van der Waals surface area contributed by atoms with Gasteiger partial charge in [0.1, 0.15) is 0 Å². The summed E-state index contributed by atoms with van der Waals surface area (Å²) < 4.78 is 93.0. The molecule has 0 aromatic heterocycles. The number of carbonyl (C=O) groups is 1. The van der Waals surface area contributed by atoms with E-state index in [-0.39, 0.29) is 0 Å². The van der Waals surface area contributed by atoms with Gasteiger partial charge in [0.05, 0.1) is 0 Å². The zero-order chi connectivity index (χ0) is 11.8. The fourth-order valence-electron chi connectivity index (χ4n) is 0.569. The Morgan fingerprint density at radius 2 is 1.14 bits per heavy atom. The van der Waals surface area contributed by atoms with E-state index in [1.54, 1.807) is 0 Å². The van der Waals surface area contributed by atoms with Crippen molar-refractivity contribution in [1.29, 1.82) is 0 Å². The third-order valence-electron chi connectivity index (χ3n) is 1.29. The van der Waals surface area contributed by atoms with Crippen molar-refractivity contribution in [3.8, 4) is 0 Å². The smallest absolute Gasteiger partial charge is 0.292 e. The predicted octanol–water partition coefficient (Wildman–Crippen LogP) is 2.36. The molecule has 0 aromatic rings. The molecule has 0 aliphatic carbocycles. The first-order chi connectivity index (χ1) is 5.98. The van der Waals surface area contributed by atoms with E-state index in [0.29, 0.717) is 0 Å². The normalized spacial score (nSPS) is 14.3. The first-order valence-electron chi connectivity index (χ1n) is 2.90. The van der Waals surface area contributed by atoms with Gasteiger partial charge in [-0.1, -0.05) is 0 Å². The predicted molar refractivity (Wildman–Crippen MR) is 26.9 cm³/mol. The van der Waals surface area contributed by atoms with Crippen LogP contribution >= 0.6 is 0 Å². The highest BCUT2D eigenvalue weighted by Gasteiger charge is 2.76. The van der Waals surface area contributed by atoms with Crippen molar-refractivity contribution in [1.82, 2.24) is 0 Å². The molecule has 0 fully saturated rings. The van der Waals surface area contributed by atoms with Gasteiger partial charge in [-0.15, -0.1) is 0 Å². The number of rotatable bonds is 2. The van der Waals surface area contributed by atoms with Crippen molar-refractivity contribution < 1.29 is 39.9 Å². The summed E-state index contributed by atoms with van der Waals surface area (Å²) in [6, 6.07) is 0. The Balaban J connectivity index is 5.40. The van der Waals surface area contributed by atoms with E-state index in [0.717, 1.165) is 0 Å². The number of hydrogen-bond acceptors (Lipinski definition) is 1. The standard InChI is InChI=1S/C5H2F8O/c6-1-2(14)3(7,4(8,9)10)5(11,12)13/h1H2. The third-order valence-corrected chi connectivity index (χ3v) is 1.29. The minimum Gasteiger partial charge on any atom is -0.292 e.